The molecule has 2 rings (SSSR count). The second kappa shape index (κ2) is 3.58. The van der Waals surface area contributed by atoms with Crippen LogP contribution in [0.2, 0.25) is 0 Å². The molecule has 0 amide bonds. The first-order valence-electron chi connectivity index (χ1n) is 4.17. The van der Waals surface area contributed by atoms with Crippen LogP contribution >= 0.6 is 24.0 Å². The number of thiol groups is 1. The molecule has 0 radical (unpaired) electrons. The number of hydrogen-bond acceptors (Lipinski definition) is 4. The van der Waals surface area contributed by atoms with Crippen LogP contribution in [0.25, 0.3) is 10.1 Å². The highest BCUT2D eigenvalue weighted by Crippen LogP contribution is 2.24. The minimum atomic E-state index is -1.46. The number of benzene rings is 1. The molecule has 1 heterocycles. The lowest BCUT2D eigenvalue weighted by molar-refractivity contribution is 0.425. The Bertz CT molecular complexity index is 479. The summed E-state index contributed by atoms with van der Waals surface area (Å²) in [5, 5.41) is 21.3. The normalized spacial score (nSPS) is 10.9. The largest absolute Gasteiger partial charge is 0.490 e. The van der Waals surface area contributed by atoms with Crippen LogP contribution in [0.1, 0.15) is 5.56 Å². The molecule has 2 N–H and O–H groups in total. The molecule has 0 bridgehead atoms. The minimum Gasteiger partial charge on any atom is -0.423 e. The molecule has 0 aliphatic rings. The van der Waals surface area contributed by atoms with Crippen molar-refractivity contribution in [2.24, 2.45) is 0 Å². The summed E-state index contributed by atoms with van der Waals surface area (Å²) < 4.78 is 1.06. The topological polar surface area (TPSA) is 40.5 Å². The SMILES string of the molecule is Cc1cc2sccc2c(B(O)O)c1S. The standard InChI is InChI=1S/C9H9BO2S2/c1-5-4-7-6(2-3-14-7)8(9(5)13)10(11)12/h2-4,11-13H,1H3. The van der Waals surface area contributed by atoms with E-state index >= 15 is 0 Å². The predicted molar refractivity (Wildman–Crippen MR) is 63.6 cm³/mol. The lowest BCUT2D eigenvalue weighted by atomic mass is 9.77. The average molecular weight is 224 g/mol. The van der Waals surface area contributed by atoms with Gasteiger partial charge >= 0.3 is 7.12 Å². The Morgan fingerprint density at radius 3 is 2.79 bits per heavy atom. The molecule has 0 unspecified atom stereocenters. The molecular formula is C9H9BO2S2. The van der Waals surface area contributed by atoms with Crippen LogP contribution in [0.15, 0.2) is 22.4 Å². The van der Waals surface area contributed by atoms with Gasteiger partial charge in [0.2, 0.25) is 0 Å². The summed E-state index contributed by atoms with van der Waals surface area (Å²) >= 11 is 5.87. The second-order valence-corrected chi connectivity index (χ2v) is 4.56. The van der Waals surface area contributed by atoms with Crippen LogP contribution in [0, 0.1) is 6.92 Å². The van der Waals surface area contributed by atoms with Crippen molar-refractivity contribution < 1.29 is 10.0 Å². The van der Waals surface area contributed by atoms with Crippen LogP contribution in [0.3, 0.4) is 0 Å². The Morgan fingerprint density at radius 1 is 1.43 bits per heavy atom. The number of rotatable bonds is 1. The second-order valence-electron chi connectivity index (χ2n) is 3.16. The van der Waals surface area contributed by atoms with E-state index in [1.54, 1.807) is 11.3 Å². The zero-order chi connectivity index (χ0) is 10.3. The number of aryl methyl sites for hydroxylation is 1. The van der Waals surface area contributed by atoms with Gasteiger partial charge in [0, 0.05) is 15.1 Å². The Labute approximate surface area is 91.8 Å². The van der Waals surface area contributed by atoms with E-state index in [0.29, 0.717) is 10.4 Å². The maximum atomic E-state index is 9.26. The van der Waals surface area contributed by atoms with E-state index in [9.17, 15) is 10.0 Å². The van der Waals surface area contributed by atoms with E-state index in [0.717, 1.165) is 15.6 Å². The highest BCUT2D eigenvalue weighted by molar-refractivity contribution is 7.80. The summed E-state index contributed by atoms with van der Waals surface area (Å²) in [5.74, 6) is 0. The molecule has 0 atom stereocenters. The lowest BCUT2D eigenvalue weighted by Gasteiger charge is -2.08. The van der Waals surface area contributed by atoms with E-state index in [1.807, 2.05) is 24.4 Å². The first-order chi connectivity index (χ1) is 6.61. The van der Waals surface area contributed by atoms with E-state index in [2.05, 4.69) is 12.6 Å². The van der Waals surface area contributed by atoms with Gasteiger partial charge in [-0.3, -0.25) is 0 Å². The summed E-state index contributed by atoms with van der Waals surface area (Å²) in [7, 11) is -1.46. The minimum absolute atomic E-state index is 0.504. The maximum Gasteiger partial charge on any atom is 0.490 e. The van der Waals surface area contributed by atoms with Crippen molar-refractivity contribution in [1.82, 2.24) is 0 Å². The van der Waals surface area contributed by atoms with Crippen molar-refractivity contribution in [2.75, 3.05) is 0 Å². The molecule has 0 saturated carbocycles. The molecule has 0 fully saturated rings. The van der Waals surface area contributed by atoms with Gasteiger partial charge in [0.15, 0.2) is 0 Å². The third kappa shape index (κ3) is 1.46. The van der Waals surface area contributed by atoms with Crippen molar-refractivity contribution >= 4 is 46.6 Å². The molecular weight excluding hydrogens is 215 g/mol. The average Bonchev–Trinajstić information content (AvgIpc) is 2.52. The third-order valence-electron chi connectivity index (χ3n) is 2.22. The van der Waals surface area contributed by atoms with Crippen LogP contribution in [-0.2, 0) is 0 Å². The number of thiophene rings is 1. The first kappa shape index (κ1) is 10.0. The van der Waals surface area contributed by atoms with Gasteiger partial charge in [-0.25, -0.2) is 0 Å². The molecule has 1 aromatic heterocycles. The van der Waals surface area contributed by atoms with E-state index in [-0.39, 0.29) is 0 Å². The summed E-state index contributed by atoms with van der Waals surface area (Å²) in [6, 6.07) is 3.89. The summed E-state index contributed by atoms with van der Waals surface area (Å²) in [5.41, 5.74) is 1.47. The lowest BCUT2D eigenvalue weighted by Crippen LogP contribution is -2.32. The van der Waals surface area contributed by atoms with E-state index < -0.39 is 7.12 Å². The van der Waals surface area contributed by atoms with Crippen molar-refractivity contribution in [3.63, 3.8) is 0 Å². The van der Waals surface area contributed by atoms with Crippen LogP contribution in [0.4, 0.5) is 0 Å². The summed E-state index contributed by atoms with van der Waals surface area (Å²) in [6.07, 6.45) is 0. The van der Waals surface area contributed by atoms with Gasteiger partial charge in [0.1, 0.15) is 0 Å². The monoisotopic (exact) mass is 224 g/mol. The highest BCUT2D eigenvalue weighted by Gasteiger charge is 2.19. The molecule has 0 saturated heterocycles. The van der Waals surface area contributed by atoms with Gasteiger partial charge < -0.3 is 10.0 Å². The van der Waals surface area contributed by atoms with Gasteiger partial charge in [-0.15, -0.1) is 24.0 Å². The Hall–Kier alpha value is -0.485. The van der Waals surface area contributed by atoms with Crippen molar-refractivity contribution in [2.45, 2.75) is 11.8 Å². The van der Waals surface area contributed by atoms with Gasteiger partial charge in [-0.2, -0.15) is 0 Å². The molecule has 2 aromatic rings. The first-order valence-corrected chi connectivity index (χ1v) is 5.49. The van der Waals surface area contributed by atoms with Gasteiger partial charge in [0.05, 0.1) is 0 Å². The smallest absolute Gasteiger partial charge is 0.423 e. The van der Waals surface area contributed by atoms with Crippen LogP contribution in [-0.4, -0.2) is 17.2 Å². The molecule has 1 aromatic carbocycles. The van der Waals surface area contributed by atoms with E-state index in [4.69, 9.17) is 0 Å². The number of fused-ring (bicyclic) bond motifs is 1. The molecule has 0 aliphatic carbocycles. The van der Waals surface area contributed by atoms with Crippen LogP contribution < -0.4 is 5.46 Å². The van der Waals surface area contributed by atoms with Crippen LogP contribution in [0.5, 0.6) is 0 Å². The molecule has 0 aliphatic heterocycles. The quantitative estimate of drug-likeness (QED) is 0.502. The zero-order valence-electron chi connectivity index (χ0n) is 7.56. The van der Waals surface area contributed by atoms with E-state index in [1.165, 1.54) is 0 Å². The zero-order valence-corrected chi connectivity index (χ0v) is 9.27. The maximum absolute atomic E-state index is 9.26. The van der Waals surface area contributed by atoms with Crippen molar-refractivity contribution in [3.05, 3.63) is 23.1 Å². The predicted octanol–water partition coefficient (Wildman–Crippen LogP) is 1.18. The fourth-order valence-corrected chi connectivity index (χ4v) is 2.72. The van der Waals surface area contributed by atoms with Gasteiger partial charge in [0.25, 0.3) is 0 Å². The molecule has 14 heavy (non-hydrogen) atoms. The third-order valence-corrected chi connectivity index (χ3v) is 3.68. The molecule has 2 nitrogen and oxygen atoms in total. The summed E-state index contributed by atoms with van der Waals surface area (Å²) in [6.45, 7) is 1.91. The molecule has 72 valence electrons. The fourth-order valence-electron chi connectivity index (χ4n) is 1.52. The fraction of sp³-hybridized carbons (Fsp3) is 0.111. The van der Waals surface area contributed by atoms with Crippen molar-refractivity contribution in [1.29, 1.82) is 0 Å². The molecule has 5 heteroatoms. The highest BCUT2D eigenvalue weighted by atomic mass is 32.1. The Morgan fingerprint density at radius 2 is 2.14 bits per heavy atom. The Kier molecular flexibility index (Phi) is 2.57. The molecule has 0 spiro atoms. The number of hydrogen-bond donors (Lipinski definition) is 3. The Balaban J connectivity index is 2.86. The van der Waals surface area contributed by atoms with Gasteiger partial charge in [-0.05, 0) is 35.4 Å². The van der Waals surface area contributed by atoms with Gasteiger partial charge in [-0.1, -0.05) is 0 Å². The van der Waals surface area contributed by atoms with Crippen molar-refractivity contribution in [3.8, 4) is 0 Å². The summed E-state index contributed by atoms with van der Waals surface area (Å²) in [4.78, 5) is 0.658.